The van der Waals surface area contributed by atoms with Gasteiger partial charge < -0.3 is 14.7 Å². The normalized spacial score (nSPS) is 17.3. The van der Waals surface area contributed by atoms with Gasteiger partial charge in [-0.15, -0.1) is 0 Å². The minimum absolute atomic E-state index is 0.0533. The third-order valence-corrected chi connectivity index (χ3v) is 6.47. The Kier molecular flexibility index (Phi) is 7.62. The Morgan fingerprint density at radius 3 is 2.34 bits per heavy atom. The van der Waals surface area contributed by atoms with E-state index in [1.807, 2.05) is 20.8 Å². The predicted octanol–water partition coefficient (Wildman–Crippen LogP) is 6.85. The molecule has 1 N–H and O–H groups in total. The molecular weight excluding hydrogens is 495 g/mol. The van der Waals surface area contributed by atoms with Crippen LogP contribution in [0.15, 0.2) is 78.4 Å². The highest BCUT2D eigenvalue weighted by molar-refractivity contribution is 6.46. The Morgan fingerprint density at radius 1 is 1.00 bits per heavy atom. The second-order valence-electron chi connectivity index (χ2n) is 9.38. The largest absolute Gasteiger partial charge is 0.507 e. The first-order valence-corrected chi connectivity index (χ1v) is 12.3. The van der Waals surface area contributed by atoms with E-state index in [-0.39, 0.29) is 29.4 Å². The lowest BCUT2D eigenvalue weighted by Gasteiger charge is -2.26. The average molecular weight is 524 g/mol. The number of alkyl halides is 3. The molecule has 1 amide bonds. The Balaban J connectivity index is 1.84. The Bertz CT molecular complexity index is 1380. The van der Waals surface area contributed by atoms with Crippen molar-refractivity contribution < 1.29 is 32.6 Å². The fraction of sp³-hybridized carbons (Fsp3) is 0.267. The summed E-state index contributed by atoms with van der Waals surface area (Å²) in [6, 6.07) is 17.4. The van der Waals surface area contributed by atoms with E-state index in [1.165, 1.54) is 17.0 Å². The number of ketones is 1. The van der Waals surface area contributed by atoms with E-state index in [0.29, 0.717) is 23.5 Å². The molecule has 4 rings (SSSR count). The molecule has 3 aromatic rings. The van der Waals surface area contributed by atoms with Gasteiger partial charge in [0.2, 0.25) is 0 Å². The van der Waals surface area contributed by atoms with E-state index in [0.717, 1.165) is 17.7 Å². The lowest BCUT2D eigenvalue weighted by atomic mass is 9.93. The van der Waals surface area contributed by atoms with Crippen LogP contribution < -0.4 is 4.74 Å². The van der Waals surface area contributed by atoms with Crippen LogP contribution in [0.25, 0.3) is 5.76 Å². The molecule has 1 saturated heterocycles. The Labute approximate surface area is 219 Å². The molecule has 1 fully saturated rings. The fourth-order valence-electron chi connectivity index (χ4n) is 4.66. The molecule has 8 heteroatoms. The van der Waals surface area contributed by atoms with Gasteiger partial charge in [-0.2, -0.15) is 13.2 Å². The molecule has 1 aliphatic rings. The molecule has 198 valence electrons. The van der Waals surface area contributed by atoms with Gasteiger partial charge in [-0.1, -0.05) is 56.3 Å². The third-order valence-electron chi connectivity index (χ3n) is 6.47. The van der Waals surface area contributed by atoms with Crippen molar-refractivity contribution in [1.82, 2.24) is 4.90 Å². The highest BCUT2D eigenvalue weighted by atomic mass is 19.4. The van der Waals surface area contributed by atoms with Crippen LogP contribution in [0.1, 0.15) is 60.5 Å². The molecule has 1 unspecified atom stereocenters. The molecule has 1 aliphatic heterocycles. The minimum atomic E-state index is -4.55. The summed E-state index contributed by atoms with van der Waals surface area (Å²) in [5, 5.41) is 11.4. The van der Waals surface area contributed by atoms with E-state index >= 15 is 0 Å². The fourth-order valence-corrected chi connectivity index (χ4v) is 4.66. The van der Waals surface area contributed by atoms with E-state index in [9.17, 15) is 27.9 Å². The number of halogens is 3. The zero-order valence-electron chi connectivity index (χ0n) is 21.3. The standard InChI is InChI=1S/C30H28F3NO4/c1-4-38-24-14-13-21(16-23(24)18(2)3)27(35)25-26(20-10-6-5-7-11-20)34(29(37)28(25)36)17-19-9-8-12-22(15-19)30(31,32)33/h5-16,18,26,35H,4,17H2,1-3H3/b27-25-. The monoisotopic (exact) mass is 523 g/mol. The molecule has 3 aromatic carbocycles. The second-order valence-corrected chi connectivity index (χ2v) is 9.38. The van der Waals surface area contributed by atoms with Crippen LogP contribution in [-0.4, -0.2) is 28.3 Å². The Hall–Kier alpha value is -4.07. The maximum atomic E-state index is 13.3. The van der Waals surface area contributed by atoms with Crippen LogP contribution in [0.2, 0.25) is 0 Å². The van der Waals surface area contributed by atoms with Crippen LogP contribution in [0.4, 0.5) is 13.2 Å². The number of rotatable bonds is 7. The highest BCUT2D eigenvalue weighted by Crippen LogP contribution is 2.41. The summed E-state index contributed by atoms with van der Waals surface area (Å²) in [5.74, 6) is -1.44. The number of hydrogen-bond donors (Lipinski definition) is 1. The van der Waals surface area contributed by atoms with Crippen LogP contribution in [0.3, 0.4) is 0 Å². The van der Waals surface area contributed by atoms with E-state index in [2.05, 4.69) is 0 Å². The molecule has 0 spiro atoms. The molecule has 0 aromatic heterocycles. The number of amides is 1. The topological polar surface area (TPSA) is 66.8 Å². The van der Waals surface area contributed by atoms with Crippen molar-refractivity contribution in [2.45, 2.75) is 45.5 Å². The predicted molar refractivity (Wildman–Crippen MR) is 137 cm³/mol. The highest BCUT2D eigenvalue weighted by Gasteiger charge is 2.46. The van der Waals surface area contributed by atoms with Gasteiger partial charge in [0, 0.05) is 12.1 Å². The molecule has 1 heterocycles. The summed E-state index contributed by atoms with van der Waals surface area (Å²) in [4.78, 5) is 27.7. The van der Waals surface area contributed by atoms with Crippen LogP contribution >= 0.6 is 0 Å². The van der Waals surface area contributed by atoms with Crippen molar-refractivity contribution in [2.24, 2.45) is 0 Å². The van der Waals surface area contributed by atoms with Crippen molar-refractivity contribution in [1.29, 1.82) is 0 Å². The molecule has 0 bridgehead atoms. The minimum Gasteiger partial charge on any atom is -0.507 e. The van der Waals surface area contributed by atoms with Gasteiger partial charge in [0.15, 0.2) is 0 Å². The van der Waals surface area contributed by atoms with Crippen molar-refractivity contribution in [3.8, 4) is 5.75 Å². The number of benzene rings is 3. The van der Waals surface area contributed by atoms with Gasteiger partial charge in [0.25, 0.3) is 11.7 Å². The van der Waals surface area contributed by atoms with Gasteiger partial charge in [-0.3, -0.25) is 9.59 Å². The zero-order valence-corrected chi connectivity index (χ0v) is 21.3. The van der Waals surface area contributed by atoms with Crippen LogP contribution in [0.5, 0.6) is 5.75 Å². The van der Waals surface area contributed by atoms with Crippen molar-refractivity contribution in [3.63, 3.8) is 0 Å². The maximum absolute atomic E-state index is 13.3. The van der Waals surface area contributed by atoms with Gasteiger partial charge in [0.1, 0.15) is 11.5 Å². The summed E-state index contributed by atoms with van der Waals surface area (Å²) in [5.41, 5.74) is 0.965. The number of Topliss-reactive ketones (excluding diaryl/α,β-unsaturated/α-hetero) is 1. The molecule has 0 radical (unpaired) electrons. The van der Waals surface area contributed by atoms with E-state index in [1.54, 1.807) is 48.5 Å². The number of aliphatic hydroxyl groups excluding tert-OH is 1. The van der Waals surface area contributed by atoms with Crippen molar-refractivity contribution in [2.75, 3.05) is 6.61 Å². The first-order chi connectivity index (χ1) is 18.0. The first-order valence-electron chi connectivity index (χ1n) is 12.3. The summed E-state index contributed by atoms with van der Waals surface area (Å²) in [6.45, 7) is 6.02. The lowest BCUT2D eigenvalue weighted by Crippen LogP contribution is -2.29. The van der Waals surface area contributed by atoms with E-state index < -0.39 is 29.5 Å². The van der Waals surface area contributed by atoms with Crippen LogP contribution in [0, 0.1) is 0 Å². The van der Waals surface area contributed by atoms with E-state index in [4.69, 9.17) is 4.74 Å². The van der Waals surface area contributed by atoms with Gasteiger partial charge in [-0.05, 0) is 59.9 Å². The number of nitrogens with zero attached hydrogens (tertiary/aromatic N) is 1. The maximum Gasteiger partial charge on any atom is 0.416 e. The molecular formula is C30H28F3NO4. The number of ether oxygens (including phenoxy) is 1. The van der Waals surface area contributed by atoms with Crippen molar-refractivity contribution >= 4 is 17.4 Å². The van der Waals surface area contributed by atoms with Crippen molar-refractivity contribution in [3.05, 3.63) is 106 Å². The number of carbonyl (C=O) groups excluding carboxylic acids is 2. The first kappa shape index (κ1) is 27.0. The molecule has 0 aliphatic carbocycles. The van der Waals surface area contributed by atoms with Crippen LogP contribution in [-0.2, 0) is 22.3 Å². The van der Waals surface area contributed by atoms with Gasteiger partial charge in [-0.25, -0.2) is 0 Å². The quantitative estimate of drug-likeness (QED) is 0.209. The molecule has 1 atom stereocenters. The number of carbonyl (C=O) groups is 2. The zero-order chi connectivity index (χ0) is 27.6. The lowest BCUT2D eigenvalue weighted by molar-refractivity contribution is -0.140. The molecule has 0 saturated carbocycles. The summed E-state index contributed by atoms with van der Waals surface area (Å²) >= 11 is 0. The average Bonchev–Trinajstić information content (AvgIpc) is 3.13. The molecule has 38 heavy (non-hydrogen) atoms. The summed E-state index contributed by atoms with van der Waals surface area (Å²) in [7, 11) is 0. The smallest absolute Gasteiger partial charge is 0.416 e. The summed E-state index contributed by atoms with van der Waals surface area (Å²) in [6.07, 6.45) is -4.55. The van der Waals surface area contributed by atoms with Gasteiger partial charge in [0.05, 0.1) is 23.8 Å². The second kappa shape index (κ2) is 10.7. The number of likely N-dealkylation sites (tertiary alicyclic amines) is 1. The SMILES string of the molecule is CCOc1ccc(/C(O)=C2/C(=O)C(=O)N(Cc3cccc(C(F)(F)F)c3)C2c2ccccc2)cc1C(C)C. The Morgan fingerprint density at radius 2 is 1.71 bits per heavy atom. The third kappa shape index (κ3) is 5.30. The summed E-state index contributed by atoms with van der Waals surface area (Å²) < 4.78 is 45.6. The van der Waals surface area contributed by atoms with Gasteiger partial charge >= 0.3 is 6.18 Å². The number of hydrogen-bond acceptors (Lipinski definition) is 4. The molecule has 5 nitrogen and oxygen atoms in total. The number of aliphatic hydroxyl groups is 1.